The fourth-order valence-corrected chi connectivity index (χ4v) is 2.51. The van der Waals surface area contributed by atoms with E-state index in [1.54, 1.807) is 14.1 Å². The lowest BCUT2D eigenvalue weighted by Gasteiger charge is -2.20. The number of rotatable bonds is 10. The van der Waals surface area contributed by atoms with Crippen LogP contribution >= 0.6 is 24.0 Å². The van der Waals surface area contributed by atoms with Crippen LogP contribution in [0.5, 0.6) is 0 Å². The minimum atomic E-state index is -0.0552. The Hall–Kier alpha value is -1.35. The third-order valence-electron chi connectivity index (χ3n) is 4.46. The molecule has 0 radical (unpaired) electrons. The molecule has 1 amide bonds. The molecular formula is C20H36IN5O. The number of carbonyl (C=O) groups excluding carboxylic acids is 1. The van der Waals surface area contributed by atoms with Crippen molar-refractivity contribution in [3.05, 3.63) is 35.4 Å². The molecule has 0 spiro atoms. The lowest BCUT2D eigenvalue weighted by molar-refractivity contribution is 0.0963. The van der Waals surface area contributed by atoms with Gasteiger partial charge in [-0.1, -0.05) is 12.1 Å². The van der Waals surface area contributed by atoms with Gasteiger partial charge in [0.1, 0.15) is 0 Å². The predicted molar refractivity (Wildman–Crippen MR) is 125 cm³/mol. The van der Waals surface area contributed by atoms with Gasteiger partial charge in [-0.2, -0.15) is 0 Å². The molecule has 0 fully saturated rings. The zero-order valence-corrected chi connectivity index (χ0v) is 19.7. The van der Waals surface area contributed by atoms with Crippen LogP contribution in [-0.2, 0) is 6.42 Å². The molecule has 1 aromatic carbocycles. The van der Waals surface area contributed by atoms with E-state index >= 15 is 0 Å². The van der Waals surface area contributed by atoms with Crippen LogP contribution in [0.1, 0.15) is 42.6 Å². The summed E-state index contributed by atoms with van der Waals surface area (Å²) in [5.74, 6) is 0.769. The van der Waals surface area contributed by atoms with E-state index in [1.807, 2.05) is 24.3 Å². The van der Waals surface area contributed by atoms with Gasteiger partial charge < -0.3 is 20.9 Å². The van der Waals surface area contributed by atoms with Crippen molar-refractivity contribution in [2.24, 2.45) is 4.99 Å². The van der Waals surface area contributed by atoms with Crippen molar-refractivity contribution in [1.29, 1.82) is 0 Å². The summed E-state index contributed by atoms with van der Waals surface area (Å²) < 4.78 is 0. The summed E-state index contributed by atoms with van der Waals surface area (Å²) >= 11 is 0. The van der Waals surface area contributed by atoms with Gasteiger partial charge in [0.05, 0.1) is 0 Å². The number of nitrogens with zero attached hydrogens (tertiary/aromatic N) is 2. The standard InChI is InChI=1S/C20H35N5O.HI/c1-16(2)25(5)14-7-6-12-23-20(22-4)24-13-11-17-9-8-10-18(15-17)19(26)21-3;/h8-10,15-16H,6-7,11-14H2,1-5H3,(H,21,26)(H2,22,23,24);1H. The van der Waals surface area contributed by atoms with Crippen LogP contribution in [0.3, 0.4) is 0 Å². The van der Waals surface area contributed by atoms with Crippen molar-refractivity contribution in [3.8, 4) is 0 Å². The first-order valence-electron chi connectivity index (χ1n) is 9.43. The van der Waals surface area contributed by atoms with E-state index in [9.17, 15) is 4.79 Å². The second-order valence-electron chi connectivity index (χ2n) is 6.74. The molecule has 0 aromatic heterocycles. The summed E-state index contributed by atoms with van der Waals surface area (Å²) in [6, 6.07) is 8.31. The fourth-order valence-electron chi connectivity index (χ4n) is 2.51. The predicted octanol–water partition coefficient (Wildman–Crippen LogP) is 2.49. The SMILES string of the molecule is CN=C(NCCCCN(C)C(C)C)NCCc1cccc(C(=O)NC)c1.I. The molecule has 0 saturated heterocycles. The molecular weight excluding hydrogens is 453 g/mol. The van der Waals surface area contributed by atoms with E-state index in [2.05, 4.69) is 46.7 Å². The average Bonchev–Trinajstić information content (AvgIpc) is 2.65. The highest BCUT2D eigenvalue weighted by atomic mass is 127. The van der Waals surface area contributed by atoms with Gasteiger partial charge in [-0.15, -0.1) is 24.0 Å². The Balaban J connectivity index is 0.00000676. The van der Waals surface area contributed by atoms with E-state index in [0.717, 1.165) is 44.0 Å². The third kappa shape index (κ3) is 10.5. The lowest BCUT2D eigenvalue weighted by atomic mass is 10.1. The molecule has 0 heterocycles. The molecule has 0 aliphatic carbocycles. The first-order chi connectivity index (χ1) is 12.5. The highest BCUT2D eigenvalue weighted by Gasteiger charge is 2.04. The Morgan fingerprint density at radius 2 is 1.89 bits per heavy atom. The van der Waals surface area contributed by atoms with E-state index in [4.69, 9.17) is 0 Å². The van der Waals surface area contributed by atoms with Gasteiger partial charge in [0.15, 0.2) is 5.96 Å². The van der Waals surface area contributed by atoms with Crippen LogP contribution in [0.25, 0.3) is 0 Å². The van der Waals surface area contributed by atoms with Crippen molar-refractivity contribution in [2.45, 2.75) is 39.2 Å². The Morgan fingerprint density at radius 1 is 1.19 bits per heavy atom. The van der Waals surface area contributed by atoms with Gasteiger partial charge in [-0.25, -0.2) is 0 Å². The van der Waals surface area contributed by atoms with Crippen LogP contribution in [0.4, 0.5) is 0 Å². The van der Waals surface area contributed by atoms with E-state index < -0.39 is 0 Å². The number of halogens is 1. The van der Waals surface area contributed by atoms with Crippen LogP contribution in [-0.4, -0.2) is 63.6 Å². The lowest BCUT2D eigenvalue weighted by Crippen LogP contribution is -2.39. The second kappa shape index (κ2) is 14.7. The number of aliphatic imine (C=N–C) groups is 1. The quantitative estimate of drug-likeness (QED) is 0.205. The molecule has 7 heteroatoms. The smallest absolute Gasteiger partial charge is 0.251 e. The van der Waals surface area contributed by atoms with Crippen LogP contribution in [0.2, 0.25) is 0 Å². The van der Waals surface area contributed by atoms with Crippen molar-refractivity contribution >= 4 is 35.8 Å². The number of guanidine groups is 1. The Kier molecular flexibility index (Phi) is 13.9. The largest absolute Gasteiger partial charge is 0.356 e. The van der Waals surface area contributed by atoms with E-state index in [-0.39, 0.29) is 29.9 Å². The number of unbranched alkanes of at least 4 members (excludes halogenated alkanes) is 1. The molecule has 0 bridgehead atoms. The molecule has 1 aromatic rings. The monoisotopic (exact) mass is 489 g/mol. The zero-order chi connectivity index (χ0) is 19.4. The molecule has 27 heavy (non-hydrogen) atoms. The minimum Gasteiger partial charge on any atom is -0.356 e. The molecule has 6 nitrogen and oxygen atoms in total. The molecule has 0 unspecified atom stereocenters. The van der Waals surface area contributed by atoms with Crippen molar-refractivity contribution in [3.63, 3.8) is 0 Å². The number of carbonyl (C=O) groups is 1. The Morgan fingerprint density at radius 3 is 2.52 bits per heavy atom. The van der Waals surface area contributed by atoms with Gasteiger partial charge in [-0.3, -0.25) is 9.79 Å². The summed E-state index contributed by atoms with van der Waals surface area (Å²) in [6.07, 6.45) is 3.13. The summed E-state index contributed by atoms with van der Waals surface area (Å²) in [4.78, 5) is 18.3. The summed E-state index contributed by atoms with van der Waals surface area (Å²) in [5, 5.41) is 9.33. The maximum Gasteiger partial charge on any atom is 0.251 e. The number of benzene rings is 1. The van der Waals surface area contributed by atoms with E-state index in [1.165, 1.54) is 6.42 Å². The molecule has 1 rings (SSSR count). The Bertz CT molecular complexity index is 577. The maximum atomic E-state index is 11.7. The van der Waals surface area contributed by atoms with Crippen LogP contribution in [0, 0.1) is 0 Å². The summed E-state index contributed by atoms with van der Waals surface area (Å²) in [7, 11) is 5.60. The number of amides is 1. The third-order valence-corrected chi connectivity index (χ3v) is 4.46. The fraction of sp³-hybridized carbons (Fsp3) is 0.600. The number of nitrogens with one attached hydrogen (secondary N) is 3. The van der Waals surface area contributed by atoms with E-state index in [0.29, 0.717) is 11.6 Å². The topological polar surface area (TPSA) is 68.8 Å². The molecule has 0 aliphatic heterocycles. The highest BCUT2D eigenvalue weighted by Crippen LogP contribution is 2.05. The zero-order valence-electron chi connectivity index (χ0n) is 17.3. The molecule has 3 N–H and O–H groups in total. The van der Waals surface area contributed by atoms with Gasteiger partial charge in [0.2, 0.25) is 0 Å². The first kappa shape index (κ1) is 25.6. The van der Waals surface area contributed by atoms with Crippen molar-refractivity contribution in [2.75, 3.05) is 40.8 Å². The molecule has 154 valence electrons. The first-order valence-corrected chi connectivity index (χ1v) is 9.43. The van der Waals surface area contributed by atoms with Gasteiger partial charge >= 0.3 is 0 Å². The molecule has 0 saturated carbocycles. The van der Waals surface area contributed by atoms with Crippen LogP contribution in [0.15, 0.2) is 29.3 Å². The second-order valence-corrected chi connectivity index (χ2v) is 6.74. The Labute approximate surface area is 181 Å². The normalized spacial score (nSPS) is 11.3. The average molecular weight is 489 g/mol. The van der Waals surface area contributed by atoms with Gasteiger partial charge in [0.25, 0.3) is 5.91 Å². The highest BCUT2D eigenvalue weighted by molar-refractivity contribution is 14.0. The summed E-state index contributed by atoms with van der Waals surface area (Å²) in [5.41, 5.74) is 1.82. The van der Waals surface area contributed by atoms with Crippen LogP contribution < -0.4 is 16.0 Å². The minimum absolute atomic E-state index is 0. The maximum absolute atomic E-state index is 11.7. The van der Waals surface area contributed by atoms with Gasteiger partial charge in [0, 0.05) is 38.8 Å². The number of hydrogen-bond acceptors (Lipinski definition) is 3. The number of hydrogen-bond donors (Lipinski definition) is 3. The summed E-state index contributed by atoms with van der Waals surface area (Å²) in [6.45, 7) is 7.24. The molecule has 0 atom stereocenters. The molecule has 0 aliphatic rings. The van der Waals surface area contributed by atoms with Crippen molar-refractivity contribution in [1.82, 2.24) is 20.9 Å². The van der Waals surface area contributed by atoms with Crippen molar-refractivity contribution < 1.29 is 4.79 Å². The van der Waals surface area contributed by atoms with Gasteiger partial charge in [-0.05, 0) is 64.4 Å².